The van der Waals surface area contributed by atoms with Crippen LogP contribution < -0.4 is 10.5 Å². The van der Waals surface area contributed by atoms with Gasteiger partial charge in [-0.25, -0.2) is 0 Å². The van der Waals surface area contributed by atoms with Gasteiger partial charge in [0.05, 0.1) is 0 Å². The maximum atomic E-state index is 14.7. The minimum absolute atomic E-state index is 0.0795. The lowest BCUT2D eigenvalue weighted by atomic mass is 9.33. The molecule has 1 aromatic rings. The second-order valence-electron chi connectivity index (χ2n) is 17.1. The fourth-order valence-corrected chi connectivity index (χ4v) is 11.6. The molecule has 6 nitrogen and oxygen atoms in total. The molecule has 9 atom stereocenters. The van der Waals surface area contributed by atoms with E-state index < -0.39 is 16.6 Å². The van der Waals surface area contributed by atoms with Crippen molar-refractivity contribution < 1.29 is 23.9 Å². The second kappa shape index (κ2) is 9.69. The summed E-state index contributed by atoms with van der Waals surface area (Å²) in [5.74, 6) is -0.646. The maximum Gasteiger partial charge on any atom is 0.305 e. The van der Waals surface area contributed by atoms with Crippen LogP contribution in [0.3, 0.4) is 0 Å². The van der Waals surface area contributed by atoms with Crippen molar-refractivity contribution in [2.24, 2.45) is 56.0 Å². The molecule has 5 aliphatic rings. The number of para-hydroxylation sites is 1. The van der Waals surface area contributed by atoms with Gasteiger partial charge in [-0.15, -0.1) is 0 Å². The lowest BCUT2D eigenvalue weighted by molar-refractivity contribution is -0.301. The van der Waals surface area contributed by atoms with Gasteiger partial charge in [0.1, 0.15) is 5.75 Å². The summed E-state index contributed by atoms with van der Waals surface area (Å²) < 4.78 is 12.9. The molecule has 4 saturated carbocycles. The molecule has 0 aromatic heterocycles. The SMILES string of the molecule is CC(=O)O[C@@]1(Oc2ccccc2)CC[C@@]2(C)C(CC[C@]3(C)[C@@H]2C(=O)C=C2[C@@H]4C[C@@](C)(C(N)=O)CC[C@]4(C)CC[C@]23C)C1(C)C. The number of nitrogens with two attached hydrogens (primary N) is 1. The van der Waals surface area contributed by atoms with E-state index in [1.165, 1.54) is 12.5 Å². The first-order valence-corrected chi connectivity index (χ1v) is 16.9. The van der Waals surface area contributed by atoms with Crippen LogP contribution in [0.25, 0.3) is 0 Å². The highest BCUT2D eigenvalue weighted by atomic mass is 16.7. The number of carbonyl (C=O) groups is 3. The average Bonchev–Trinajstić information content (AvgIpc) is 2.93. The second-order valence-corrected chi connectivity index (χ2v) is 17.1. The Labute approximate surface area is 263 Å². The monoisotopic (exact) mass is 603 g/mol. The van der Waals surface area contributed by atoms with E-state index in [-0.39, 0.29) is 57.1 Å². The summed E-state index contributed by atoms with van der Waals surface area (Å²) in [6, 6.07) is 9.64. The van der Waals surface area contributed by atoms with Crippen LogP contribution in [0.5, 0.6) is 5.75 Å². The third-order valence-corrected chi connectivity index (χ3v) is 14.6. The molecule has 6 rings (SSSR count). The van der Waals surface area contributed by atoms with E-state index in [1.807, 2.05) is 43.3 Å². The lowest BCUT2D eigenvalue weighted by Crippen LogP contribution is -2.70. The van der Waals surface area contributed by atoms with Crippen LogP contribution in [0.1, 0.15) is 113 Å². The third kappa shape index (κ3) is 4.07. The van der Waals surface area contributed by atoms with Crippen LogP contribution in [0.2, 0.25) is 0 Å². The van der Waals surface area contributed by atoms with Gasteiger partial charge in [-0.05, 0) is 103 Å². The summed E-state index contributed by atoms with van der Waals surface area (Å²) in [7, 11) is 0. The molecule has 44 heavy (non-hydrogen) atoms. The minimum atomic E-state index is -1.13. The number of allylic oxidation sites excluding steroid dienone is 2. The summed E-state index contributed by atoms with van der Waals surface area (Å²) in [4.78, 5) is 40.0. The number of ether oxygens (including phenoxy) is 2. The Morgan fingerprint density at radius 1 is 0.864 bits per heavy atom. The van der Waals surface area contributed by atoms with Gasteiger partial charge < -0.3 is 15.2 Å². The fraction of sp³-hybridized carbons (Fsp3) is 0.711. The van der Waals surface area contributed by atoms with E-state index >= 15 is 0 Å². The van der Waals surface area contributed by atoms with E-state index in [0.29, 0.717) is 12.2 Å². The van der Waals surface area contributed by atoms with Gasteiger partial charge in [0.25, 0.3) is 5.79 Å². The highest BCUT2D eigenvalue weighted by molar-refractivity contribution is 5.95. The largest absolute Gasteiger partial charge is 0.452 e. The summed E-state index contributed by atoms with van der Waals surface area (Å²) >= 11 is 0. The van der Waals surface area contributed by atoms with E-state index in [1.54, 1.807) is 0 Å². The van der Waals surface area contributed by atoms with Crippen molar-refractivity contribution in [2.75, 3.05) is 0 Å². The summed E-state index contributed by atoms with van der Waals surface area (Å²) in [6.45, 7) is 17.4. The van der Waals surface area contributed by atoms with E-state index in [9.17, 15) is 14.4 Å². The van der Waals surface area contributed by atoms with Gasteiger partial charge >= 0.3 is 5.97 Å². The van der Waals surface area contributed by atoms with E-state index in [4.69, 9.17) is 15.2 Å². The Balaban J connectivity index is 1.42. The third-order valence-electron chi connectivity index (χ3n) is 14.6. The van der Waals surface area contributed by atoms with Crippen LogP contribution in [0.15, 0.2) is 42.0 Å². The Kier molecular flexibility index (Phi) is 6.90. The maximum absolute atomic E-state index is 14.7. The molecule has 1 unspecified atom stereocenters. The number of fused-ring (bicyclic) bond motifs is 7. The van der Waals surface area contributed by atoms with Crippen molar-refractivity contribution in [3.8, 4) is 5.75 Å². The first-order chi connectivity index (χ1) is 20.4. The smallest absolute Gasteiger partial charge is 0.305 e. The summed E-state index contributed by atoms with van der Waals surface area (Å²) in [6.07, 6.45) is 9.79. The quantitative estimate of drug-likeness (QED) is 0.280. The molecule has 5 aliphatic carbocycles. The van der Waals surface area contributed by atoms with Gasteiger partial charge in [0.2, 0.25) is 5.91 Å². The fourth-order valence-electron chi connectivity index (χ4n) is 11.6. The molecule has 0 aliphatic heterocycles. The highest BCUT2D eigenvalue weighted by Gasteiger charge is 2.73. The molecule has 240 valence electrons. The van der Waals surface area contributed by atoms with Crippen molar-refractivity contribution in [3.63, 3.8) is 0 Å². The number of hydrogen-bond acceptors (Lipinski definition) is 5. The molecular weight excluding hydrogens is 550 g/mol. The number of benzene rings is 1. The molecule has 6 heteroatoms. The lowest BCUT2D eigenvalue weighted by Gasteiger charge is -2.71. The Morgan fingerprint density at radius 3 is 2.16 bits per heavy atom. The molecular formula is C38H53NO5. The zero-order chi connectivity index (χ0) is 32.1. The van der Waals surface area contributed by atoms with Crippen LogP contribution in [0, 0.1) is 50.2 Å². The number of primary amides is 1. The highest BCUT2D eigenvalue weighted by Crippen LogP contribution is 2.76. The minimum Gasteiger partial charge on any atom is -0.452 e. The number of esters is 1. The first kappa shape index (κ1) is 31.4. The van der Waals surface area contributed by atoms with Crippen molar-refractivity contribution in [1.29, 1.82) is 0 Å². The topological polar surface area (TPSA) is 95.7 Å². The molecule has 1 aromatic carbocycles. The molecule has 2 N–H and O–H groups in total. The molecule has 0 heterocycles. The van der Waals surface area contributed by atoms with Gasteiger partial charge in [-0.1, -0.05) is 72.2 Å². The number of hydrogen-bond donors (Lipinski definition) is 1. The molecule has 0 saturated heterocycles. The number of ketones is 1. The van der Waals surface area contributed by atoms with Crippen LogP contribution in [0.4, 0.5) is 0 Å². The van der Waals surface area contributed by atoms with Crippen LogP contribution >= 0.6 is 0 Å². The standard InChI is InChI=1S/C38H53NO5/c1-24(40)43-38(44-25-12-10-9-11-13-25)21-19-35(6)29(32(38,2)3)14-15-37(8)30(35)28(41)22-26-27-23-34(5,31(39)42)17-16-33(27,4)18-20-36(26,37)7/h9-13,22,27,29-30H,14-21,23H2,1-8H3,(H2,39,42)/t27-,29?,30+,33+,34-,35-,36+,37+,38+/m0/s1. The number of amides is 1. The first-order valence-electron chi connectivity index (χ1n) is 16.9. The Bertz CT molecular complexity index is 1420. The molecule has 1 amide bonds. The van der Waals surface area contributed by atoms with Crippen molar-refractivity contribution in [3.05, 3.63) is 42.0 Å². The van der Waals surface area contributed by atoms with Crippen LogP contribution in [-0.4, -0.2) is 23.4 Å². The zero-order valence-corrected chi connectivity index (χ0v) is 28.2. The predicted molar refractivity (Wildman–Crippen MR) is 170 cm³/mol. The Morgan fingerprint density at radius 2 is 1.52 bits per heavy atom. The normalized spacial score (nSPS) is 45.9. The molecule has 0 bridgehead atoms. The summed E-state index contributed by atoms with van der Waals surface area (Å²) in [5.41, 5.74) is 5.58. The van der Waals surface area contributed by atoms with Crippen molar-refractivity contribution >= 4 is 17.7 Å². The summed E-state index contributed by atoms with van der Waals surface area (Å²) in [5, 5.41) is 0. The van der Waals surface area contributed by atoms with Gasteiger partial charge in [0.15, 0.2) is 5.78 Å². The van der Waals surface area contributed by atoms with Gasteiger partial charge in [0, 0.05) is 30.1 Å². The Hall–Kier alpha value is -2.63. The predicted octanol–water partition coefficient (Wildman–Crippen LogP) is 7.79. The zero-order valence-electron chi connectivity index (χ0n) is 28.2. The van der Waals surface area contributed by atoms with E-state index in [2.05, 4.69) is 41.5 Å². The van der Waals surface area contributed by atoms with E-state index in [0.717, 1.165) is 51.4 Å². The van der Waals surface area contributed by atoms with Gasteiger partial charge in [-0.2, -0.15) is 0 Å². The average molecular weight is 604 g/mol. The van der Waals surface area contributed by atoms with Gasteiger partial charge in [-0.3, -0.25) is 14.4 Å². The van der Waals surface area contributed by atoms with Crippen molar-refractivity contribution in [2.45, 2.75) is 119 Å². The molecule has 4 fully saturated rings. The van der Waals surface area contributed by atoms with Crippen molar-refractivity contribution in [1.82, 2.24) is 0 Å². The van der Waals surface area contributed by atoms with Crippen LogP contribution in [-0.2, 0) is 19.1 Å². The number of carbonyl (C=O) groups excluding carboxylic acids is 3. The molecule has 0 radical (unpaired) electrons. The number of rotatable bonds is 4. The molecule has 0 spiro atoms.